The number of aliphatic imine (C=N–C) groups is 1. The zero-order valence-electron chi connectivity index (χ0n) is 15.5. The van der Waals surface area contributed by atoms with Gasteiger partial charge in [0.05, 0.1) is 12.7 Å². The second-order valence-corrected chi connectivity index (χ2v) is 6.37. The molecule has 0 amide bonds. The zero-order valence-corrected chi connectivity index (χ0v) is 15.5. The van der Waals surface area contributed by atoms with Gasteiger partial charge < -0.3 is 10.6 Å². The number of hydrogen-bond donors (Lipinski definition) is 2. The second-order valence-electron chi connectivity index (χ2n) is 6.37. The Morgan fingerprint density at radius 1 is 1.04 bits per heavy atom. The van der Waals surface area contributed by atoms with Crippen LogP contribution in [0.25, 0.3) is 0 Å². The minimum absolute atomic E-state index is 0.620. The van der Waals surface area contributed by atoms with Crippen molar-refractivity contribution in [1.82, 2.24) is 15.1 Å². The molecule has 0 fully saturated rings. The lowest BCUT2D eigenvalue weighted by molar-refractivity contribution is 0.736. The van der Waals surface area contributed by atoms with E-state index in [9.17, 15) is 0 Å². The predicted molar refractivity (Wildman–Crippen MR) is 107 cm³/mol. The predicted octanol–water partition coefficient (Wildman–Crippen LogP) is 3.79. The van der Waals surface area contributed by atoms with Gasteiger partial charge in [-0.05, 0) is 31.5 Å². The van der Waals surface area contributed by atoms with E-state index in [1.165, 1.54) is 11.1 Å². The van der Waals surface area contributed by atoms with Gasteiger partial charge in [-0.3, -0.25) is 4.68 Å². The van der Waals surface area contributed by atoms with Crippen molar-refractivity contribution in [2.45, 2.75) is 26.9 Å². The van der Waals surface area contributed by atoms with Gasteiger partial charge in [-0.25, -0.2) is 4.99 Å². The number of para-hydroxylation sites is 1. The fraction of sp³-hybridized carbons (Fsp3) is 0.238. The van der Waals surface area contributed by atoms with E-state index in [2.05, 4.69) is 53.8 Å². The Bertz CT molecular complexity index is 863. The summed E-state index contributed by atoms with van der Waals surface area (Å²) in [6.45, 7) is 5.45. The van der Waals surface area contributed by atoms with Crippen LogP contribution in [0.3, 0.4) is 0 Å². The summed E-state index contributed by atoms with van der Waals surface area (Å²) >= 11 is 0. The first-order chi connectivity index (χ1) is 12.6. The summed E-state index contributed by atoms with van der Waals surface area (Å²) in [7, 11) is 1.95. The number of hydrogen-bond acceptors (Lipinski definition) is 2. The van der Waals surface area contributed by atoms with E-state index in [4.69, 9.17) is 4.99 Å². The van der Waals surface area contributed by atoms with Crippen LogP contribution in [0.1, 0.15) is 22.4 Å². The topological polar surface area (TPSA) is 54.2 Å². The first-order valence-electron chi connectivity index (χ1n) is 8.75. The molecule has 134 valence electrons. The highest BCUT2D eigenvalue weighted by Crippen LogP contribution is 2.09. The Hall–Kier alpha value is -3.08. The molecule has 2 N–H and O–H groups in total. The molecule has 0 unspecified atom stereocenters. The third kappa shape index (κ3) is 4.72. The minimum Gasteiger partial charge on any atom is -0.352 e. The van der Waals surface area contributed by atoms with E-state index in [1.54, 1.807) is 0 Å². The highest BCUT2D eigenvalue weighted by Gasteiger charge is 2.06. The van der Waals surface area contributed by atoms with Crippen LogP contribution in [0.2, 0.25) is 0 Å². The molecule has 0 aliphatic heterocycles. The fourth-order valence-corrected chi connectivity index (χ4v) is 2.56. The number of benzene rings is 2. The molecule has 0 aliphatic carbocycles. The molecule has 1 heterocycles. The molecule has 0 aliphatic rings. The first kappa shape index (κ1) is 17.7. The molecular formula is C21H25N5. The summed E-state index contributed by atoms with van der Waals surface area (Å²) in [5.41, 5.74) is 5.75. The van der Waals surface area contributed by atoms with Gasteiger partial charge in [0.25, 0.3) is 0 Å². The number of aromatic nitrogens is 2. The van der Waals surface area contributed by atoms with Gasteiger partial charge in [0.1, 0.15) is 0 Å². The van der Waals surface area contributed by atoms with Crippen LogP contribution in [0.4, 0.5) is 5.69 Å². The normalized spacial score (nSPS) is 11.4. The summed E-state index contributed by atoms with van der Waals surface area (Å²) in [6.07, 6.45) is 1.89. The van der Waals surface area contributed by atoms with Gasteiger partial charge in [-0.1, -0.05) is 48.0 Å². The van der Waals surface area contributed by atoms with Crippen molar-refractivity contribution < 1.29 is 0 Å². The zero-order chi connectivity index (χ0) is 18.4. The summed E-state index contributed by atoms with van der Waals surface area (Å²) < 4.78 is 1.88. The van der Waals surface area contributed by atoms with Crippen molar-refractivity contribution in [1.29, 1.82) is 0 Å². The molecular weight excluding hydrogens is 322 g/mol. The number of nitrogens with zero attached hydrogens (tertiary/aromatic N) is 3. The van der Waals surface area contributed by atoms with E-state index in [0.29, 0.717) is 13.1 Å². The van der Waals surface area contributed by atoms with Gasteiger partial charge in [-0.2, -0.15) is 5.10 Å². The molecule has 5 heteroatoms. The highest BCUT2D eigenvalue weighted by atomic mass is 15.3. The van der Waals surface area contributed by atoms with Crippen LogP contribution in [0.15, 0.2) is 65.8 Å². The van der Waals surface area contributed by atoms with Gasteiger partial charge in [-0.15, -0.1) is 0 Å². The molecule has 5 nitrogen and oxygen atoms in total. The van der Waals surface area contributed by atoms with Crippen molar-refractivity contribution in [3.05, 3.63) is 83.2 Å². The molecule has 0 atom stereocenters. The summed E-state index contributed by atoms with van der Waals surface area (Å²) in [5.74, 6) is 0.750. The monoisotopic (exact) mass is 347 g/mol. The SMILES string of the molecule is Cc1ccc(CN=C(NCc2cnn(C)c2C)Nc2ccccc2)cc1. The van der Waals surface area contributed by atoms with Crippen LogP contribution in [0, 0.1) is 13.8 Å². The van der Waals surface area contributed by atoms with Crippen molar-refractivity contribution in [2.24, 2.45) is 12.0 Å². The maximum absolute atomic E-state index is 4.74. The minimum atomic E-state index is 0.620. The van der Waals surface area contributed by atoms with Crippen LogP contribution in [-0.4, -0.2) is 15.7 Å². The number of anilines is 1. The number of aryl methyl sites for hydroxylation is 2. The Balaban J connectivity index is 1.73. The Labute approximate surface area is 154 Å². The molecule has 2 aromatic carbocycles. The first-order valence-corrected chi connectivity index (χ1v) is 8.75. The summed E-state index contributed by atoms with van der Waals surface area (Å²) in [4.78, 5) is 4.74. The summed E-state index contributed by atoms with van der Waals surface area (Å²) in [6, 6.07) is 18.5. The quantitative estimate of drug-likeness (QED) is 0.545. The largest absolute Gasteiger partial charge is 0.352 e. The average molecular weight is 347 g/mol. The van der Waals surface area contributed by atoms with Crippen LogP contribution >= 0.6 is 0 Å². The lowest BCUT2D eigenvalue weighted by atomic mass is 10.1. The molecule has 0 saturated carbocycles. The van der Waals surface area contributed by atoms with Crippen LogP contribution in [0.5, 0.6) is 0 Å². The Morgan fingerprint density at radius 3 is 2.42 bits per heavy atom. The third-order valence-electron chi connectivity index (χ3n) is 4.36. The van der Waals surface area contributed by atoms with Gasteiger partial charge in [0.15, 0.2) is 5.96 Å². The van der Waals surface area contributed by atoms with Crippen molar-refractivity contribution in [2.75, 3.05) is 5.32 Å². The third-order valence-corrected chi connectivity index (χ3v) is 4.36. The molecule has 0 radical (unpaired) electrons. The lowest BCUT2D eigenvalue weighted by Gasteiger charge is -2.13. The molecule has 0 bridgehead atoms. The van der Waals surface area contributed by atoms with E-state index < -0.39 is 0 Å². The molecule has 26 heavy (non-hydrogen) atoms. The van der Waals surface area contributed by atoms with Crippen LogP contribution in [-0.2, 0) is 20.1 Å². The van der Waals surface area contributed by atoms with Gasteiger partial charge in [0.2, 0.25) is 0 Å². The van der Waals surface area contributed by atoms with Crippen molar-refractivity contribution >= 4 is 11.6 Å². The maximum Gasteiger partial charge on any atom is 0.196 e. The van der Waals surface area contributed by atoms with E-state index in [-0.39, 0.29) is 0 Å². The molecule has 0 saturated heterocycles. The second kappa shape index (κ2) is 8.34. The fourth-order valence-electron chi connectivity index (χ4n) is 2.56. The standard InChI is InChI=1S/C21H25N5/c1-16-9-11-18(12-10-16)13-22-21(25-20-7-5-4-6-8-20)23-14-19-15-24-26(3)17(19)2/h4-12,15H,13-14H2,1-3H3,(H2,22,23,25). The number of guanidine groups is 1. The molecule has 1 aromatic heterocycles. The van der Waals surface area contributed by atoms with Crippen molar-refractivity contribution in [3.63, 3.8) is 0 Å². The Morgan fingerprint density at radius 2 is 1.77 bits per heavy atom. The van der Waals surface area contributed by atoms with Crippen molar-refractivity contribution in [3.8, 4) is 0 Å². The lowest BCUT2D eigenvalue weighted by Crippen LogP contribution is -2.30. The molecule has 3 aromatic rings. The van der Waals surface area contributed by atoms with E-state index >= 15 is 0 Å². The highest BCUT2D eigenvalue weighted by molar-refractivity contribution is 5.93. The number of nitrogens with one attached hydrogen (secondary N) is 2. The molecule has 3 rings (SSSR count). The van der Waals surface area contributed by atoms with Crippen LogP contribution < -0.4 is 10.6 Å². The smallest absolute Gasteiger partial charge is 0.196 e. The van der Waals surface area contributed by atoms with Gasteiger partial charge >= 0.3 is 0 Å². The maximum atomic E-state index is 4.74. The van der Waals surface area contributed by atoms with E-state index in [1.807, 2.05) is 48.3 Å². The number of rotatable bonds is 5. The molecule has 0 spiro atoms. The van der Waals surface area contributed by atoms with Gasteiger partial charge in [0, 0.05) is 30.5 Å². The average Bonchev–Trinajstić information content (AvgIpc) is 2.98. The Kier molecular flexibility index (Phi) is 5.69. The van der Waals surface area contributed by atoms with E-state index in [0.717, 1.165) is 22.9 Å². The summed E-state index contributed by atoms with van der Waals surface area (Å²) in [5, 5.41) is 11.1.